The van der Waals surface area contributed by atoms with Crippen molar-refractivity contribution in [3.05, 3.63) is 58.8 Å². The highest BCUT2D eigenvalue weighted by atomic mass is 16.6. The molecule has 1 heterocycles. The van der Waals surface area contributed by atoms with E-state index in [2.05, 4.69) is 0 Å². The van der Waals surface area contributed by atoms with Crippen molar-refractivity contribution in [1.82, 2.24) is 0 Å². The van der Waals surface area contributed by atoms with Crippen LogP contribution in [0.25, 0.3) is 0 Å². The highest BCUT2D eigenvalue weighted by molar-refractivity contribution is 6.09. The molecule has 3 atom stereocenters. The predicted octanol–water partition coefficient (Wildman–Crippen LogP) is 4.49. The van der Waals surface area contributed by atoms with Crippen LogP contribution in [0, 0.1) is 5.92 Å². The third-order valence-corrected chi connectivity index (χ3v) is 7.32. The van der Waals surface area contributed by atoms with E-state index in [1.807, 2.05) is 30.3 Å². The lowest BCUT2D eigenvalue weighted by molar-refractivity contribution is -0.147. The summed E-state index contributed by atoms with van der Waals surface area (Å²) < 4.78 is 32.7. The van der Waals surface area contributed by atoms with E-state index in [4.69, 9.17) is 33.4 Å². The highest BCUT2D eigenvalue weighted by Crippen LogP contribution is 2.50. The van der Waals surface area contributed by atoms with Crippen molar-refractivity contribution in [1.29, 1.82) is 0 Å². The molecular weight excluding hydrogens is 502 g/mol. The van der Waals surface area contributed by atoms with Crippen LogP contribution in [0.3, 0.4) is 0 Å². The zero-order chi connectivity index (χ0) is 28.1. The lowest BCUT2D eigenvalue weighted by Gasteiger charge is -2.37. The number of methoxy groups -OCH3 is 5. The smallest absolute Gasteiger partial charge is 0.315 e. The third-order valence-electron chi connectivity index (χ3n) is 7.32. The van der Waals surface area contributed by atoms with Crippen LogP contribution in [0.15, 0.2) is 52.7 Å². The second-order valence-electron chi connectivity index (χ2n) is 9.45. The second kappa shape index (κ2) is 12.3. The van der Waals surface area contributed by atoms with E-state index in [9.17, 15) is 9.59 Å². The van der Waals surface area contributed by atoms with Crippen molar-refractivity contribution in [3.63, 3.8) is 0 Å². The minimum atomic E-state index is -0.803. The van der Waals surface area contributed by atoms with Gasteiger partial charge in [0.15, 0.2) is 28.8 Å². The summed E-state index contributed by atoms with van der Waals surface area (Å²) in [5, 5.41) is 0. The average molecular weight is 538 g/mol. The zero-order valence-corrected chi connectivity index (χ0v) is 23.2. The molecule has 2 aromatic rings. The van der Waals surface area contributed by atoms with E-state index >= 15 is 0 Å². The molecule has 1 aliphatic carbocycles. The van der Waals surface area contributed by atoms with Gasteiger partial charge in [-0.2, -0.15) is 0 Å². The number of ether oxygens (including phenoxy) is 6. The van der Waals surface area contributed by atoms with Crippen molar-refractivity contribution in [2.75, 3.05) is 48.8 Å². The first-order valence-corrected chi connectivity index (χ1v) is 12.8. The highest BCUT2D eigenvalue weighted by Gasteiger charge is 2.46. The Morgan fingerprint density at radius 2 is 1.64 bits per heavy atom. The van der Waals surface area contributed by atoms with Crippen molar-refractivity contribution in [2.45, 2.75) is 31.6 Å². The number of hydrogen-bond donors (Lipinski definition) is 0. The molecule has 4 rings (SSSR count). The quantitative estimate of drug-likeness (QED) is 0.323. The molecule has 1 unspecified atom stereocenters. The Morgan fingerprint density at radius 3 is 2.31 bits per heavy atom. The number of hydrogen-bond acceptors (Lipinski definition) is 9. The number of para-hydroxylation sites is 1. The summed E-state index contributed by atoms with van der Waals surface area (Å²) >= 11 is 0. The van der Waals surface area contributed by atoms with Gasteiger partial charge in [0, 0.05) is 42.0 Å². The first-order valence-electron chi connectivity index (χ1n) is 12.8. The average Bonchev–Trinajstić information content (AvgIpc) is 2.95. The van der Waals surface area contributed by atoms with Gasteiger partial charge in [0.25, 0.3) is 0 Å². The summed E-state index contributed by atoms with van der Waals surface area (Å²) in [5.41, 5.74) is 3.38. The largest absolute Gasteiger partial charge is 0.493 e. The summed E-state index contributed by atoms with van der Waals surface area (Å²) in [6, 6.07) is 11.2. The van der Waals surface area contributed by atoms with E-state index in [0.717, 1.165) is 5.56 Å². The van der Waals surface area contributed by atoms with E-state index in [-0.39, 0.29) is 31.3 Å². The molecule has 1 aliphatic heterocycles. The van der Waals surface area contributed by atoms with Gasteiger partial charge < -0.3 is 28.4 Å². The lowest BCUT2D eigenvalue weighted by atomic mass is 9.69. The van der Waals surface area contributed by atoms with E-state index < -0.39 is 17.8 Å². The maximum Gasteiger partial charge on any atom is 0.315 e. The van der Waals surface area contributed by atoms with E-state index in [0.29, 0.717) is 52.0 Å². The molecule has 39 heavy (non-hydrogen) atoms. The first kappa shape index (κ1) is 28.2. The fraction of sp³-hybridized carbons (Fsp3) is 0.433. The molecule has 0 radical (unpaired) electrons. The maximum atomic E-state index is 13.9. The minimum Gasteiger partial charge on any atom is -0.493 e. The van der Waals surface area contributed by atoms with Gasteiger partial charge in [-0.1, -0.05) is 18.2 Å². The van der Waals surface area contributed by atoms with Gasteiger partial charge in [0.2, 0.25) is 0 Å². The minimum absolute atomic E-state index is 0.0724. The van der Waals surface area contributed by atoms with Gasteiger partial charge in [-0.25, -0.2) is 0 Å². The van der Waals surface area contributed by atoms with Gasteiger partial charge in [0.05, 0.1) is 35.0 Å². The van der Waals surface area contributed by atoms with Gasteiger partial charge in [0.1, 0.15) is 12.5 Å². The fourth-order valence-electron chi connectivity index (χ4n) is 5.52. The summed E-state index contributed by atoms with van der Waals surface area (Å²) in [6.07, 6.45) is 0.791. The molecule has 0 saturated heterocycles. The lowest BCUT2D eigenvalue weighted by Crippen LogP contribution is -2.38. The maximum absolute atomic E-state index is 13.9. The van der Waals surface area contributed by atoms with Crippen LogP contribution in [-0.2, 0) is 19.1 Å². The molecule has 0 bridgehead atoms. The van der Waals surface area contributed by atoms with Crippen molar-refractivity contribution >= 4 is 17.5 Å². The number of nitrogens with zero attached hydrogens (tertiary/aromatic N) is 1. The van der Waals surface area contributed by atoms with Crippen molar-refractivity contribution in [2.24, 2.45) is 10.9 Å². The molecule has 0 N–H and O–H groups in total. The molecule has 9 heteroatoms. The molecule has 0 spiro atoms. The summed E-state index contributed by atoms with van der Waals surface area (Å²) in [7, 11) is 7.80. The molecule has 2 aromatic carbocycles. The number of Topliss-reactive ketones (excluding diaryl/α,β-unsaturated/α-hetero) is 1. The fourth-order valence-corrected chi connectivity index (χ4v) is 5.52. The van der Waals surface area contributed by atoms with Crippen molar-refractivity contribution < 1.29 is 38.0 Å². The number of rotatable bonds is 10. The van der Waals surface area contributed by atoms with Crippen LogP contribution >= 0.6 is 0 Å². The molecule has 2 aliphatic rings. The second-order valence-corrected chi connectivity index (χ2v) is 9.45. The topological polar surface area (TPSA) is 102 Å². The Hall–Kier alpha value is -3.85. The standard InChI is InChI=1S/C30H35NO8/c1-17-26(30(33)39-13-12-34-2)27(20-8-7-9-24(36-4)29(20)38-6)28-21(31-17)14-19(15-22(28)32)18-10-11-23(35-3)25(16-18)37-5/h7-11,16,19,26-27H,12-15H2,1-6H3/t19-,26?,27-/m1/s1. The van der Waals surface area contributed by atoms with Crippen LogP contribution in [0.4, 0.5) is 0 Å². The molecule has 0 fully saturated rings. The zero-order valence-electron chi connectivity index (χ0n) is 23.2. The summed E-state index contributed by atoms with van der Waals surface area (Å²) in [6.45, 7) is 2.17. The molecule has 0 saturated carbocycles. The third kappa shape index (κ3) is 5.49. The first-order chi connectivity index (χ1) is 18.9. The van der Waals surface area contributed by atoms with Crippen LogP contribution < -0.4 is 18.9 Å². The number of allylic oxidation sites excluding steroid dienone is 2. The molecule has 208 valence electrons. The van der Waals surface area contributed by atoms with Gasteiger partial charge in [-0.3, -0.25) is 14.6 Å². The Morgan fingerprint density at radius 1 is 0.897 bits per heavy atom. The Kier molecular flexibility index (Phi) is 8.91. The number of aliphatic imine (C=N–C) groups is 1. The van der Waals surface area contributed by atoms with Crippen LogP contribution in [-0.4, -0.2) is 66.2 Å². The molecular formula is C30H35NO8. The van der Waals surface area contributed by atoms with Gasteiger partial charge in [-0.15, -0.1) is 0 Å². The number of benzene rings is 2. The number of carbonyl (C=O) groups excluding carboxylic acids is 2. The Bertz CT molecular complexity index is 1300. The Labute approximate surface area is 228 Å². The number of carbonyl (C=O) groups is 2. The van der Waals surface area contributed by atoms with E-state index in [1.165, 1.54) is 7.11 Å². The summed E-state index contributed by atoms with van der Waals surface area (Å²) in [5.74, 6) is 0.108. The normalized spacial score (nSPS) is 20.6. The monoisotopic (exact) mass is 537 g/mol. The molecule has 0 aromatic heterocycles. The predicted molar refractivity (Wildman–Crippen MR) is 145 cm³/mol. The number of esters is 1. The van der Waals surface area contributed by atoms with E-state index in [1.54, 1.807) is 41.4 Å². The SMILES string of the molecule is COCCOC(=O)C1C(C)=NC2=C(C(=O)C[C@H](c3ccc(OC)c(OC)c3)C2)[C@@H]1c1cccc(OC)c1OC. The molecule has 9 nitrogen and oxygen atoms in total. The van der Waals surface area contributed by atoms with Gasteiger partial charge in [-0.05, 0) is 43.0 Å². The van der Waals surface area contributed by atoms with Crippen LogP contribution in [0.1, 0.15) is 42.7 Å². The van der Waals surface area contributed by atoms with Crippen LogP contribution in [0.5, 0.6) is 23.0 Å². The van der Waals surface area contributed by atoms with Crippen molar-refractivity contribution in [3.8, 4) is 23.0 Å². The summed E-state index contributed by atoms with van der Waals surface area (Å²) in [4.78, 5) is 32.2. The Balaban J connectivity index is 1.81. The molecule has 0 amide bonds. The van der Waals surface area contributed by atoms with Gasteiger partial charge >= 0.3 is 5.97 Å². The number of ketones is 1. The van der Waals surface area contributed by atoms with Crippen LogP contribution in [0.2, 0.25) is 0 Å².